The summed E-state index contributed by atoms with van der Waals surface area (Å²) in [7, 11) is 2.93. The molecule has 0 unspecified atom stereocenters. The predicted molar refractivity (Wildman–Crippen MR) is 73.3 cm³/mol. The highest BCUT2D eigenvalue weighted by molar-refractivity contribution is 9.50. The van der Waals surface area contributed by atoms with E-state index in [-0.39, 0.29) is 17.8 Å². The molecule has 0 aromatic heterocycles. The first kappa shape index (κ1) is 14.1. The summed E-state index contributed by atoms with van der Waals surface area (Å²) in [5, 5.41) is 9.57. The van der Waals surface area contributed by atoms with Crippen LogP contribution in [-0.2, 0) is 4.74 Å². The third kappa shape index (κ3) is 4.45. The van der Waals surface area contributed by atoms with E-state index in [9.17, 15) is 5.11 Å². The molecule has 0 saturated heterocycles. The van der Waals surface area contributed by atoms with Crippen molar-refractivity contribution in [2.45, 2.75) is 11.0 Å². The molecule has 1 aromatic carbocycles. The average molecular weight is 320 g/mol. The molecule has 1 atom stereocenters. The molecule has 0 fully saturated rings. The lowest BCUT2D eigenvalue weighted by Gasteiger charge is -2.14. The normalized spacial score (nSPS) is 12.1. The fourth-order valence-electron chi connectivity index (χ4n) is 1.34. The Labute approximate surface area is 111 Å². The fraction of sp³-hybridized carbons (Fsp3) is 0.300. The topological polar surface area (TPSA) is 93.9 Å². The Morgan fingerprint density at radius 3 is 2.76 bits per heavy atom. The van der Waals surface area contributed by atoms with Crippen LogP contribution < -0.4 is 11.5 Å². The predicted octanol–water partition coefficient (Wildman–Crippen LogP) is 1.76. The van der Waals surface area contributed by atoms with Gasteiger partial charge < -0.3 is 21.3 Å². The van der Waals surface area contributed by atoms with Crippen molar-refractivity contribution in [3.63, 3.8) is 0 Å². The van der Waals surface area contributed by atoms with Gasteiger partial charge >= 0.3 is 0 Å². The molecule has 0 radical (unpaired) electrons. The molecule has 17 heavy (non-hydrogen) atoms. The maximum absolute atomic E-state index is 9.57. The Balaban J connectivity index is 2.94. The second-order valence-electron chi connectivity index (χ2n) is 3.33. The number of rotatable bonds is 5. The van der Waals surface area contributed by atoms with Crippen LogP contribution in [0.1, 0.15) is 11.7 Å². The summed E-state index contributed by atoms with van der Waals surface area (Å²) < 4.78 is 5.29. The lowest BCUT2D eigenvalue weighted by atomic mass is 10.1. The average Bonchev–Trinajstić information content (AvgIpc) is 2.28. The van der Waals surface area contributed by atoms with Gasteiger partial charge in [0.05, 0.1) is 6.54 Å². The summed E-state index contributed by atoms with van der Waals surface area (Å²) in [5.41, 5.74) is 11.4. The largest absolute Gasteiger partial charge is 0.508 e. The van der Waals surface area contributed by atoms with Crippen LogP contribution in [0.5, 0.6) is 5.75 Å². The summed E-state index contributed by atoms with van der Waals surface area (Å²) in [6.07, 6.45) is -0.289. The number of phenolic OH excluding ortho intramolecular Hbond substituents is 1. The molecule has 0 amide bonds. The van der Waals surface area contributed by atoms with E-state index in [0.29, 0.717) is 6.54 Å². The number of nitrogens with zero attached hydrogens (tertiary/aromatic N) is 1. The Hall–Kier alpha value is -0.920. The molecule has 1 aromatic rings. The van der Waals surface area contributed by atoms with Gasteiger partial charge in [-0.2, -0.15) is 0 Å². The van der Waals surface area contributed by atoms with Crippen LogP contribution in [0.2, 0.25) is 0 Å². The Kier molecular flexibility index (Phi) is 5.60. The van der Waals surface area contributed by atoms with E-state index in [0.717, 1.165) is 10.5 Å². The van der Waals surface area contributed by atoms with Gasteiger partial charge in [0.2, 0.25) is 0 Å². The molecule has 0 spiro atoms. The molecule has 0 bridgehead atoms. The number of hydrogen-bond acceptors (Lipinski definition) is 4. The number of aliphatic imine (C=N–C) groups is 1. The molecule has 5 nitrogen and oxygen atoms in total. The number of halogens is 1. The van der Waals surface area contributed by atoms with E-state index in [1.54, 1.807) is 19.2 Å². The van der Waals surface area contributed by atoms with Crippen molar-refractivity contribution in [1.29, 1.82) is 0 Å². The first-order chi connectivity index (χ1) is 8.06. The van der Waals surface area contributed by atoms with Gasteiger partial charge in [-0.05, 0) is 48.8 Å². The van der Waals surface area contributed by atoms with Gasteiger partial charge in [-0.15, -0.1) is 0 Å². The van der Waals surface area contributed by atoms with Crippen molar-refractivity contribution in [3.05, 3.63) is 23.8 Å². The molecule has 94 valence electrons. The van der Waals surface area contributed by atoms with Crippen LogP contribution in [0.4, 0.5) is 0 Å². The summed E-state index contributed by atoms with van der Waals surface area (Å²) in [5.74, 6) is 0.193. The monoisotopic (exact) mass is 319 g/mol. The Morgan fingerprint density at radius 1 is 1.53 bits per heavy atom. The highest BCUT2D eigenvalue weighted by Gasteiger charge is 2.12. The van der Waals surface area contributed by atoms with E-state index in [1.165, 1.54) is 10.2 Å². The van der Waals surface area contributed by atoms with Gasteiger partial charge in [-0.25, -0.2) is 0 Å². The Morgan fingerprint density at radius 2 is 2.24 bits per heavy atom. The van der Waals surface area contributed by atoms with Crippen molar-refractivity contribution in [2.24, 2.45) is 16.5 Å². The summed E-state index contributed by atoms with van der Waals surface area (Å²) >= 11 is 3.26. The number of guanidine groups is 1. The molecular weight excluding hydrogens is 306 g/mol. The molecule has 5 N–H and O–H groups in total. The molecule has 0 saturated carbocycles. The third-order valence-electron chi connectivity index (χ3n) is 2.10. The lowest BCUT2D eigenvalue weighted by molar-refractivity contribution is 0.110. The second kappa shape index (κ2) is 6.73. The number of ether oxygens (including phenoxy) is 1. The maximum atomic E-state index is 9.57. The SMILES string of the molecule is CO[C@@H](CN=C(N)N)c1cc(O)cc(SBr)c1. The van der Waals surface area contributed by atoms with Crippen molar-refractivity contribution >= 4 is 31.0 Å². The van der Waals surface area contributed by atoms with E-state index in [1.807, 2.05) is 6.07 Å². The summed E-state index contributed by atoms with van der Waals surface area (Å²) in [6, 6.07) is 5.18. The lowest BCUT2D eigenvalue weighted by Crippen LogP contribution is -2.24. The zero-order chi connectivity index (χ0) is 12.8. The van der Waals surface area contributed by atoms with Gasteiger partial charge in [0.15, 0.2) is 5.96 Å². The molecule has 0 aliphatic carbocycles. The first-order valence-corrected chi connectivity index (χ1v) is 7.43. The van der Waals surface area contributed by atoms with Crippen LogP contribution in [0, 0.1) is 0 Å². The molecule has 0 aliphatic rings. The minimum atomic E-state index is -0.289. The molecule has 7 heteroatoms. The van der Waals surface area contributed by atoms with Gasteiger partial charge in [0, 0.05) is 12.0 Å². The number of methoxy groups -OCH3 is 1. The zero-order valence-corrected chi connectivity index (χ0v) is 11.7. The van der Waals surface area contributed by atoms with Crippen LogP contribution in [-0.4, -0.2) is 24.7 Å². The van der Waals surface area contributed by atoms with Crippen LogP contribution in [0.3, 0.4) is 0 Å². The van der Waals surface area contributed by atoms with Crippen LogP contribution >= 0.6 is 25.0 Å². The zero-order valence-electron chi connectivity index (χ0n) is 9.26. The van der Waals surface area contributed by atoms with Crippen molar-refractivity contribution in [2.75, 3.05) is 13.7 Å². The van der Waals surface area contributed by atoms with Gasteiger partial charge in [-0.1, -0.05) is 0 Å². The van der Waals surface area contributed by atoms with Crippen LogP contribution in [0.15, 0.2) is 28.1 Å². The van der Waals surface area contributed by atoms with Crippen molar-refractivity contribution < 1.29 is 9.84 Å². The Bertz CT molecular complexity index is 411. The highest BCUT2D eigenvalue weighted by atomic mass is 79.9. The molecule has 1 rings (SSSR count). The number of nitrogens with two attached hydrogens (primary N) is 2. The number of aromatic hydroxyl groups is 1. The van der Waals surface area contributed by atoms with Crippen molar-refractivity contribution in [3.8, 4) is 5.75 Å². The third-order valence-corrected chi connectivity index (χ3v) is 3.63. The second-order valence-corrected chi connectivity index (χ2v) is 4.92. The highest BCUT2D eigenvalue weighted by Crippen LogP contribution is 2.31. The molecule has 0 aliphatic heterocycles. The van der Waals surface area contributed by atoms with E-state index >= 15 is 0 Å². The first-order valence-electron chi connectivity index (χ1n) is 4.77. The fourth-order valence-corrected chi connectivity index (χ4v) is 2.25. The van der Waals surface area contributed by atoms with Gasteiger partial charge in [0.1, 0.15) is 11.9 Å². The number of phenols is 1. The quantitative estimate of drug-likeness (QED) is 0.568. The smallest absolute Gasteiger partial charge is 0.186 e. The van der Waals surface area contributed by atoms with Gasteiger partial charge in [0.25, 0.3) is 0 Å². The standard InChI is InChI=1S/C10H14BrN3O2S/c1-16-9(5-14-10(12)13)6-2-7(15)4-8(3-6)17-11/h2-4,9,15H,5H2,1H3,(H4,12,13,14)/t9-/m0/s1. The van der Waals surface area contributed by atoms with E-state index in [2.05, 4.69) is 19.8 Å². The summed E-state index contributed by atoms with van der Waals surface area (Å²) in [6.45, 7) is 0.314. The maximum Gasteiger partial charge on any atom is 0.186 e. The minimum absolute atomic E-state index is 0.0160. The van der Waals surface area contributed by atoms with E-state index < -0.39 is 0 Å². The van der Waals surface area contributed by atoms with Crippen LogP contribution in [0.25, 0.3) is 0 Å². The minimum Gasteiger partial charge on any atom is -0.508 e. The molecular formula is C10H14BrN3O2S. The van der Waals surface area contributed by atoms with E-state index in [4.69, 9.17) is 16.2 Å². The van der Waals surface area contributed by atoms with Gasteiger partial charge in [-0.3, -0.25) is 4.99 Å². The number of hydrogen-bond donors (Lipinski definition) is 3. The molecule has 0 heterocycles. The number of benzene rings is 1. The summed E-state index contributed by atoms with van der Waals surface area (Å²) in [4.78, 5) is 4.79. The van der Waals surface area contributed by atoms with Crippen molar-refractivity contribution in [1.82, 2.24) is 0 Å².